The molecule has 1 N–H and O–H groups in total. The number of nitrogens with zero attached hydrogens (tertiary/aromatic N) is 4. The number of carbonyl (C=O) groups excluding carboxylic acids is 1. The molecule has 5 rings (SSSR count). The minimum absolute atomic E-state index is 0.0332. The Kier molecular flexibility index (Phi) is 6.47. The molecule has 0 bridgehead atoms. The van der Waals surface area contributed by atoms with Gasteiger partial charge in [0, 0.05) is 28.1 Å². The summed E-state index contributed by atoms with van der Waals surface area (Å²) >= 11 is 2.34. The molecule has 1 aromatic carbocycles. The van der Waals surface area contributed by atoms with Gasteiger partial charge in [-0.15, -0.1) is 0 Å². The number of hydrogen-bond acceptors (Lipinski definition) is 9. The molecule has 4 heterocycles. The van der Waals surface area contributed by atoms with E-state index in [1.165, 1.54) is 11.8 Å². The van der Waals surface area contributed by atoms with Crippen LogP contribution in [0.3, 0.4) is 0 Å². The van der Waals surface area contributed by atoms with Gasteiger partial charge in [-0.25, -0.2) is 28.5 Å². The van der Waals surface area contributed by atoms with Crippen LogP contribution in [-0.2, 0) is 22.7 Å². The van der Waals surface area contributed by atoms with Crippen LogP contribution >= 0.6 is 23.1 Å². The van der Waals surface area contributed by atoms with Gasteiger partial charge in [-0.2, -0.15) is 5.26 Å². The summed E-state index contributed by atoms with van der Waals surface area (Å²) in [5, 5.41) is 13.7. The fourth-order valence-electron chi connectivity index (χ4n) is 4.23. The number of nitriles is 1. The van der Waals surface area contributed by atoms with E-state index in [-0.39, 0.29) is 50.6 Å². The average Bonchev–Trinajstić information content (AvgIpc) is 3.44. The number of thioether (sulfide) groups is 1. The minimum atomic E-state index is -0.810. The van der Waals surface area contributed by atoms with Gasteiger partial charge in [-0.05, 0) is 37.7 Å². The summed E-state index contributed by atoms with van der Waals surface area (Å²) in [7, 11) is 0. The lowest BCUT2D eigenvalue weighted by Gasteiger charge is -2.19. The lowest BCUT2D eigenvalue weighted by Crippen LogP contribution is -2.27. The Morgan fingerprint density at radius 2 is 2.00 bits per heavy atom. The highest BCUT2D eigenvalue weighted by atomic mass is 32.2. The molecule has 0 radical (unpaired) electrons. The SMILES string of the molecule is CCSc1ncc2c3c(c(-c4c(F)cnc5sc(NC(=O)OC(C)(C)C)c(C#N)c45)c(F)c2n1)COC3. The smallest absolute Gasteiger partial charge is 0.412 e. The Morgan fingerprint density at radius 3 is 2.70 bits per heavy atom. The van der Waals surface area contributed by atoms with Gasteiger partial charge in [-0.3, -0.25) is 5.32 Å². The van der Waals surface area contributed by atoms with E-state index in [4.69, 9.17) is 9.47 Å². The molecule has 1 amide bonds. The maximum absolute atomic E-state index is 16.3. The van der Waals surface area contributed by atoms with Crippen molar-refractivity contribution in [2.75, 3.05) is 11.1 Å². The van der Waals surface area contributed by atoms with Crippen molar-refractivity contribution in [1.29, 1.82) is 5.26 Å². The maximum atomic E-state index is 16.3. The van der Waals surface area contributed by atoms with Gasteiger partial charge in [0.25, 0.3) is 0 Å². The van der Waals surface area contributed by atoms with Crippen LogP contribution in [0, 0.1) is 23.0 Å². The molecule has 0 unspecified atom stereocenters. The fraction of sp³-hybridized carbons (Fsp3) is 0.320. The molecule has 4 aromatic rings. The first kappa shape index (κ1) is 25.3. The molecule has 37 heavy (non-hydrogen) atoms. The van der Waals surface area contributed by atoms with Crippen molar-refractivity contribution in [3.8, 4) is 17.2 Å². The number of thiophene rings is 1. The summed E-state index contributed by atoms with van der Waals surface area (Å²) in [5.41, 5.74) is 0.223. The summed E-state index contributed by atoms with van der Waals surface area (Å²) in [6, 6.07) is 2.03. The third-order valence-corrected chi connectivity index (χ3v) is 7.36. The third-order valence-electron chi connectivity index (χ3n) is 5.60. The molecular formula is C25H21F2N5O3S2. The molecular weight excluding hydrogens is 520 g/mol. The van der Waals surface area contributed by atoms with Crippen LogP contribution in [0.25, 0.3) is 32.2 Å². The van der Waals surface area contributed by atoms with E-state index < -0.39 is 23.3 Å². The van der Waals surface area contributed by atoms with Crippen LogP contribution in [0.4, 0.5) is 18.6 Å². The Balaban J connectivity index is 1.78. The van der Waals surface area contributed by atoms with Gasteiger partial charge in [-0.1, -0.05) is 30.0 Å². The van der Waals surface area contributed by atoms with E-state index >= 15 is 8.78 Å². The van der Waals surface area contributed by atoms with Crippen LogP contribution in [0.5, 0.6) is 0 Å². The monoisotopic (exact) mass is 541 g/mol. The number of amides is 1. The Hall–Kier alpha value is -3.40. The molecule has 190 valence electrons. The van der Waals surface area contributed by atoms with E-state index in [0.717, 1.165) is 17.5 Å². The van der Waals surface area contributed by atoms with Crippen molar-refractivity contribution < 1.29 is 23.0 Å². The van der Waals surface area contributed by atoms with E-state index in [9.17, 15) is 10.1 Å². The largest absolute Gasteiger partial charge is 0.444 e. The maximum Gasteiger partial charge on any atom is 0.412 e. The number of nitrogens with one attached hydrogen (secondary N) is 1. The van der Waals surface area contributed by atoms with Gasteiger partial charge < -0.3 is 9.47 Å². The van der Waals surface area contributed by atoms with Crippen molar-refractivity contribution >= 4 is 55.3 Å². The average molecular weight is 542 g/mol. The zero-order valence-corrected chi connectivity index (χ0v) is 22.0. The second kappa shape index (κ2) is 9.48. The predicted octanol–water partition coefficient (Wildman–Crippen LogP) is 6.55. The van der Waals surface area contributed by atoms with Crippen LogP contribution < -0.4 is 5.32 Å². The van der Waals surface area contributed by atoms with E-state index in [2.05, 4.69) is 20.3 Å². The van der Waals surface area contributed by atoms with Gasteiger partial charge >= 0.3 is 6.09 Å². The Morgan fingerprint density at radius 1 is 1.24 bits per heavy atom. The Labute approximate surface area is 219 Å². The first-order chi connectivity index (χ1) is 17.6. The van der Waals surface area contributed by atoms with E-state index in [1.54, 1.807) is 27.0 Å². The molecule has 8 nitrogen and oxygen atoms in total. The van der Waals surface area contributed by atoms with E-state index in [0.29, 0.717) is 27.4 Å². The fourth-order valence-corrected chi connectivity index (χ4v) is 5.76. The second-order valence-corrected chi connectivity index (χ2v) is 11.4. The van der Waals surface area contributed by atoms with Crippen LogP contribution in [0.15, 0.2) is 17.6 Å². The highest BCUT2D eigenvalue weighted by molar-refractivity contribution is 7.99. The molecule has 0 saturated carbocycles. The van der Waals surface area contributed by atoms with Gasteiger partial charge in [0.15, 0.2) is 11.0 Å². The third kappa shape index (κ3) is 4.47. The zero-order chi connectivity index (χ0) is 26.5. The number of pyridine rings is 1. The quantitative estimate of drug-likeness (QED) is 0.229. The molecule has 0 fully saturated rings. The molecule has 1 aliphatic rings. The molecule has 3 aromatic heterocycles. The second-order valence-electron chi connectivity index (χ2n) is 9.19. The number of benzene rings is 1. The lowest BCUT2D eigenvalue weighted by atomic mass is 9.91. The molecule has 0 atom stereocenters. The molecule has 1 aliphatic heterocycles. The predicted molar refractivity (Wildman–Crippen MR) is 138 cm³/mol. The summed E-state index contributed by atoms with van der Waals surface area (Å²) in [6.45, 7) is 7.30. The van der Waals surface area contributed by atoms with Gasteiger partial charge in [0.1, 0.15) is 32.8 Å². The van der Waals surface area contributed by atoms with Gasteiger partial charge in [0.2, 0.25) is 0 Å². The Bertz CT molecular complexity index is 1630. The van der Waals surface area contributed by atoms with Crippen LogP contribution in [0.2, 0.25) is 0 Å². The first-order valence-electron chi connectivity index (χ1n) is 11.3. The first-order valence-corrected chi connectivity index (χ1v) is 13.1. The molecule has 12 heteroatoms. The van der Waals surface area contributed by atoms with Crippen molar-refractivity contribution in [3.63, 3.8) is 0 Å². The minimum Gasteiger partial charge on any atom is -0.444 e. The standard InChI is InChI=1S/C25H21F2N5O3S2/c1-5-36-23-30-7-12-13-9-34-10-14(13)16(19(27)20(12)31-23)18-15(26)8-29-22-17(18)11(6-28)21(37-22)32-24(33)35-25(2,3)4/h7-8H,5,9-10H2,1-4H3,(H,32,33). The van der Waals surface area contributed by atoms with Crippen molar-refractivity contribution in [1.82, 2.24) is 15.0 Å². The normalized spacial score (nSPS) is 13.1. The van der Waals surface area contributed by atoms with Crippen molar-refractivity contribution in [2.45, 2.75) is 51.7 Å². The molecule has 0 aliphatic carbocycles. The van der Waals surface area contributed by atoms with Crippen LogP contribution in [-0.4, -0.2) is 32.4 Å². The number of halogens is 2. The highest BCUT2D eigenvalue weighted by Crippen LogP contribution is 2.46. The number of carbonyl (C=O) groups is 1. The highest BCUT2D eigenvalue weighted by Gasteiger charge is 2.31. The number of ether oxygens (including phenoxy) is 2. The molecule has 0 saturated heterocycles. The van der Waals surface area contributed by atoms with Crippen LogP contribution in [0.1, 0.15) is 44.4 Å². The number of anilines is 1. The number of aromatic nitrogens is 3. The summed E-state index contributed by atoms with van der Waals surface area (Å²) < 4.78 is 42.7. The number of fused-ring (bicyclic) bond motifs is 4. The summed E-state index contributed by atoms with van der Waals surface area (Å²) in [5.74, 6) is -0.848. The van der Waals surface area contributed by atoms with Crippen molar-refractivity contribution in [3.05, 3.63) is 40.7 Å². The number of rotatable bonds is 4. The lowest BCUT2D eigenvalue weighted by molar-refractivity contribution is 0.0636. The zero-order valence-electron chi connectivity index (χ0n) is 20.4. The summed E-state index contributed by atoms with van der Waals surface area (Å²) in [6.07, 6.45) is 1.77. The molecule has 0 spiro atoms. The topological polar surface area (TPSA) is 110 Å². The number of hydrogen-bond donors (Lipinski definition) is 1. The van der Waals surface area contributed by atoms with Gasteiger partial charge in [0.05, 0.1) is 25.0 Å². The summed E-state index contributed by atoms with van der Waals surface area (Å²) in [4.78, 5) is 25.5. The van der Waals surface area contributed by atoms with Crippen molar-refractivity contribution in [2.24, 2.45) is 0 Å². The van der Waals surface area contributed by atoms with E-state index in [1.807, 2.05) is 13.0 Å².